The molecule has 0 aliphatic rings. The molecule has 0 saturated heterocycles. The van der Waals surface area contributed by atoms with Gasteiger partial charge >= 0.3 is 0 Å². The molecule has 1 heterocycles. The average molecular weight is 373 g/mol. The van der Waals surface area contributed by atoms with E-state index in [0.717, 1.165) is 11.1 Å². The van der Waals surface area contributed by atoms with Crippen LogP contribution in [0, 0.1) is 6.92 Å². The number of carbonyl (C=O) groups is 2. The van der Waals surface area contributed by atoms with Crippen LogP contribution in [0.25, 0.3) is 0 Å². The normalized spacial score (nSPS) is 10.4. The Bertz CT molecular complexity index is 970. The summed E-state index contributed by atoms with van der Waals surface area (Å²) in [5, 5.41) is 2.86. The Kier molecular flexibility index (Phi) is 6.17. The van der Waals surface area contributed by atoms with Gasteiger partial charge in [-0.2, -0.15) is 0 Å². The molecule has 5 nitrogen and oxygen atoms in total. The lowest BCUT2D eigenvalue weighted by Crippen LogP contribution is -2.31. The van der Waals surface area contributed by atoms with Gasteiger partial charge < -0.3 is 10.2 Å². The van der Waals surface area contributed by atoms with Crippen molar-refractivity contribution in [3.8, 4) is 0 Å². The van der Waals surface area contributed by atoms with Crippen LogP contribution < -0.4 is 5.32 Å². The minimum Gasteiger partial charge on any atom is -0.333 e. The highest BCUT2D eigenvalue weighted by Crippen LogP contribution is 2.13. The Balaban J connectivity index is 1.75. The highest BCUT2D eigenvalue weighted by atomic mass is 16.2. The zero-order valence-electron chi connectivity index (χ0n) is 16.1. The second kappa shape index (κ2) is 8.95. The van der Waals surface area contributed by atoms with E-state index in [9.17, 15) is 9.59 Å². The number of nitrogens with one attached hydrogen (secondary N) is 1. The molecule has 0 aliphatic carbocycles. The number of benzene rings is 2. The molecule has 0 atom stereocenters. The van der Waals surface area contributed by atoms with Gasteiger partial charge in [0, 0.05) is 30.5 Å². The molecule has 0 radical (unpaired) electrons. The number of rotatable bonds is 6. The van der Waals surface area contributed by atoms with Crippen molar-refractivity contribution in [3.05, 3.63) is 95.3 Å². The minimum absolute atomic E-state index is 0.198. The summed E-state index contributed by atoms with van der Waals surface area (Å²) < 4.78 is 0. The number of aryl methyl sites for hydroxylation is 1. The van der Waals surface area contributed by atoms with Crippen molar-refractivity contribution in [1.29, 1.82) is 0 Å². The number of aromatic nitrogens is 1. The Morgan fingerprint density at radius 1 is 1.00 bits per heavy atom. The SMILES string of the molecule is CCN(Cc1ccccc1)C(=O)c1cc(C(=O)Nc2cccc(C)c2)ccn1. The van der Waals surface area contributed by atoms with Crippen molar-refractivity contribution in [3.63, 3.8) is 0 Å². The quantitative estimate of drug-likeness (QED) is 0.700. The first-order chi connectivity index (χ1) is 13.6. The summed E-state index contributed by atoms with van der Waals surface area (Å²) in [7, 11) is 0. The molecule has 2 aromatic carbocycles. The van der Waals surface area contributed by atoms with Crippen molar-refractivity contribution in [2.24, 2.45) is 0 Å². The summed E-state index contributed by atoms with van der Waals surface area (Å²) in [6, 6.07) is 20.5. The fourth-order valence-corrected chi connectivity index (χ4v) is 2.91. The Morgan fingerprint density at radius 2 is 1.79 bits per heavy atom. The Labute approximate surface area is 165 Å². The summed E-state index contributed by atoms with van der Waals surface area (Å²) in [6.45, 7) is 4.94. The molecule has 1 aromatic heterocycles. The van der Waals surface area contributed by atoms with Gasteiger partial charge in [0.15, 0.2) is 0 Å². The van der Waals surface area contributed by atoms with Crippen molar-refractivity contribution >= 4 is 17.5 Å². The van der Waals surface area contributed by atoms with E-state index in [1.807, 2.05) is 68.4 Å². The predicted molar refractivity (Wildman–Crippen MR) is 110 cm³/mol. The van der Waals surface area contributed by atoms with E-state index in [2.05, 4.69) is 10.3 Å². The summed E-state index contributed by atoms with van der Waals surface area (Å²) in [4.78, 5) is 31.3. The van der Waals surface area contributed by atoms with Gasteiger partial charge in [0.05, 0.1) is 0 Å². The topological polar surface area (TPSA) is 62.3 Å². The van der Waals surface area contributed by atoms with Crippen molar-refractivity contribution in [2.45, 2.75) is 20.4 Å². The fraction of sp³-hybridized carbons (Fsp3) is 0.174. The van der Waals surface area contributed by atoms with Crippen LogP contribution in [0.1, 0.15) is 38.9 Å². The second-order valence-corrected chi connectivity index (χ2v) is 6.56. The first kappa shape index (κ1) is 19.3. The van der Waals surface area contributed by atoms with Gasteiger partial charge in [0.25, 0.3) is 11.8 Å². The average Bonchev–Trinajstić information content (AvgIpc) is 2.72. The number of nitrogens with zero attached hydrogens (tertiary/aromatic N) is 2. The Hall–Kier alpha value is -3.47. The van der Waals surface area contributed by atoms with Crippen LogP contribution in [0.2, 0.25) is 0 Å². The first-order valence-corrected chi connectivity index (χ1v) is 9.24. The van der Waals surface area contributed by atoms with Crippen LogP contribution in [0.4, 0.5) is 5.69 Å². The monoisotopic (exact) mass is 373 g/mol. The standard InChI is InChI=1S/C23H23N3O2/c1-3-26(16-18-9-5-4-6-10-18)23(28)21-15-19(12-13-24-21)22(27)25-20-11-7-8-17(2)14-20/h4-15H,3,16H2,1-2H3,(H,25,27). The van der Waals surface area contributed by atoms with E-state index in [1.165, 1.54) is 6.20 Å². The molecule has 0 bridgehead atoms. The van der Waals surface area contributed by atoms with E-state index in [0.29, 0.717) is 24.3 Å². The number of pyridine rings is 1. The maximum absolute atomic E-state index is 12.9. The van der Waals surface area contributed by atoms with E-state index >= 15 is 0 Å². The van der Waals surface area contributed by atoms with Gasteiger partial charge in [-0.1, -0.05) is 42.5 Å². The van der Waals surface area contributed by atoms with E-state index in [4.69, 9.17) is 0 Å². The molecule has 5 heteroatoms. The second-order valence-electron chi connectivity index (χ2n) is 6.56. The van der Waals surface area contributed by atoms with Crippen LogP contribution in [0.5, 0.6) is 0 Å². The zero-order chi connectivity index (χ0) is 19.9. The highest BCUT2D eigenvalue weighted by Gasteiger charge is 2.18. The van der Waals surface area contributed by atoms with Crippen LogP contribution in [-0.4, -0.2) is 28.2 Å². The van der Waals surface area contributed by atoms with Gasteiger partial charge in [0.2, 0.25) is 0 Å². The zero-order valence-corrected chi connectivity index (χ0v) is 16.1. The predicted octanol–water partition coefficient (Wildman–Crippen LogP) is 4.30. The minimum atomic E-state index is -0.270. The molecule has 1 N–H and O–H groups in total. The summed E-state index contributed by atoms with van der Waals surface area (Å²) in [5.41, 5.74) is 3.48. The van der Waals surface area contributed by atoms with Crippen molar-refractivity contribution < 1.29 is 9.59 Å². The smallest absolute Gasteiger partial charge is 0.272 e. The summed E-state index contributed by atoms with van der Waals surface area (Å²) in [5.74, 6) is -0.468. The third-order valence-corrected chi connectivity index (χ3v) is 4.40. The third-order valence-electron chi connectivity index (χ3n) is 4.40. The molecule has 0 unspecified atom stereocenters. The van der Waals surface area contributed by atoms with Crippen LogP contribution in [0.15, 0.2) is 72.9 Å². The van der Waals surface area contributed by atoms with Crippen LogP contribution in [-0.2, 0) is 6.54 Å². The molecule has 0 fully saturated rings. The van der Waals surface area contributed by atoms with E-state index in [1.54, 1.807) is 17.0 Å². The fourth-order valence-electron chi connectivity index (χ4n) is 2.91. The van der Waals surface area contributed by atoms with Gasteiger partial charge in [-0.3, -0.25) is 14.6 Å². The van der Waals surface area contributed by atoms with Crippen LogP contribution >= 0.6 is 0 Å². The van der Waals surface area contributed by atoms with Gasteiger partial charge in [-0.05, 0) is 49.2 Å². The van der Waals surface area contributed by atoms with E-state index < -0.39 is 0 Å². The maximum Gasteiger partial charge on any atom is 0.272 e. The lowest BCUT2D eigenvalue weighted by Gasteiger charge is -2.20. The number of hydrogen-bond acceptors (Lipinski definition) is 3. The molecule has 142 valence electrons. The maximum atomic E-state index is 12.9. The Morgan fingerprint density at radius 3 is 2.50 bits per heavy atom. The molecular formula is C23H23N3O2. The summed E-state index contributed by atoms with van der Waals surface area (Å²) in [6.07, 6.45) is 1.49. The lowest BCUT2D eigenvalue weighted by molar-refractivity contribution is 0.0746. The third kappa shape index (κ3) is 4.82. The van der Waals surface area contributed by atoms with Crippen molar-refractivity contribution in [2.75, 3.05) is 11.9 Å². The highest BCUT2D eigenvalue weighted by molar-refractivity contribution is 6.05. The molecule has 2 amide bonds. The van der Waals surface area contributed by atoms with E-state index in [-0.39, 0.29) is 17.5 Å². The first-order valence-electron chi connectivity index (χ1n) is 9.24. The van der Waals surface area contributed by atoms with Gasteiger partial charge in [-0.25, -0.2) is 0 Å². The van der Waals surface area contributed by atoms with Crippen LogP contribution in [0.3, 0.4) is 0 Å². The number of carbonyl (C=O) groups excluding carboxylic acids is 2. The number of anilines is 1. The molecular weight excluding hydrogens is 350 g/mol. The molecule has 0 saturated carbocycles. The molecule has 28 heavy (non-hydrogen) atoms. The molecule has 0 spiro atoms. The van der Waals surface area contributed by atoms with Gasteiger partial charge in [0.1, 0.15) is 5.69 Å². The number of amides is 2. The molecule has 3 aromatic rings. The van der Waals surface area contributed by atoms with Crippen molar-refractivity contribution in [1.82, 2.24) is 9.88 Å². The molecule has 3 rings (SSSR count). The number of hydrogen-bond donors (Lipinski definition) is 1. The molecule has 0 aliphatic heterocycles. The largest absolute Gasteiger partial charge is 0.333 e. The summed E-state index contributed by atoms with van der Waals surface area (Å²) >= 11 is 0. The lowest BCUT2D eigenvalue weighted by atomic mass is 10.1. The van der Waals surface area contributed by atoms with Gasteiger partial charge in [-0.15, -0.1) is 0 Å².